The summed E-state index contributed by atoms with van der Waals surface area (Å²) in [6, 6.07) is 17.1. The van der Waals surface area contributed by atoms with Crippen LogP contribution in [-0.2, 0) is 6.42 Å². The van der Waals surface area contributed by atoms with Gasteiger partial charge in [-0.15, -0.1) is 10.2 Å². The molecule has 2 N–H and O–H groups in total. The van der Waals surface area contributed by atoms with Gasteiger partial charge in [-0.25, -0.2) is 0 Å². The van der Waals surface area contributed by atoms with Gasteiger partial charge in [0, 0.05) is 29.3 Å². The van der Waals surface area contributed by atoms with Crippen molar-refractivity contribution >= 4 is 10.9 Å². The van der Waals surface area contributed by atoms with Crippen LogP contribution in [0.2, 0.25) is 0 Å². The lowest BCUT2D eigenvalue weighted by Gasteiger charge is -2.35. The van der Waals surface area contributed by atoms with Crippen LogP contribution in [0.4, 0.5) is 0 Å². The van der Waals surface area contributed by atoms with Crippen molar-refractivity contribution in [2.24, 2.45) is 5.92 Å². The van der Waals surface area contributed by atoms with Gasteiger partial charge < -0.3 is 15.0 Å². The van der Waals surface area contributed by atoms with Crippen LogP contribution in [0.15, 0.2) is 67.4 Å². The maximum absolute atomic E-state index is 10.9. The molecule has 0 bridgehead atoms. The number of rotatable bonds is 8. The van der Waals surface area contributed by atoms with Crippen molar-refractivity contribution in [3.8, 4) is 5.69 Å². The van der Waals surface area contributed by atoms with Crippen molar-refractivity contribution in [3.63, 3.8) is 0 Å². The molecule has 0 aliphatic carbocycles. The minimum atomic E-state index is -0.246. The third-order valence-corrected chi connectivity index (χ3v) is 7.25. The molecule has 0 amide bonds. The van der Waals surface area contributed by atoms with Crippen LogP contribution in [0, 0.1) is 5.92 Å². The molecule has 2 atom stereocenters. The van der Waals surface area contributed by atoms with Crippen molar-refractivity contribution < 1.29 is 5.11 Å². The zero-order chi connectivity index (χ0) is 22.6. The van der Waals surface area contributed by atoms with E-state index in [9.17, 15) is 5.11 Å². The maximum atomic E-state index is 10.9. The number of aryl methyl sites for hydroxylation is 1. The number of nitrogens with zero attached hydrogens (tertiary/aromatic N) is 4. The second-order valence-electron chi connectivity index (χ2n) is 9.47. The summed E-state index contributed by atoms with van der Waals surface area (Å²) in [5, 5.41) is 20.0. The number of nitrogens with one attached hydrogen (secondary N) is 1. The first-order valence-electron chi connectivity index (χ1n) is 12.1. The number of H-pyrrole nitrogens is 1. The SMILES string of the molecule is CC(CN1CCC(C(O)CCc2c[nH]c3ccc(-n4cnnc4)cc23)CC1)c1ccccc1. The second-order valence-corrected chi connectivity index (χ2v) is 9.47. The number of likely N-dealkylation sites (tertiary alicyclic amines) is 1. The Morgan fingerprint density at radius 1 is 1.06 bits per heavy atom. The molecule has 4 aromatic rings. The van der Waals surface area contributed by atoms with E-state index in [4.69, 9.17) is 0 Å². The van der Waals surface area contributed by atoms with Crippen molar-refractivity contribution in [2.45, 2.75) is 44.6 Å². The van der Waals surface area contributed by atoms with Crippen LogP contribution in [0.25, 0.3) is 16.6 Å². The van der Waals surface area contributed by atoms with E-state index in [0.717, 1.165) is 56.5 Å². The molecule has 0 saturated carbocycles. The lowest BCUT2D eigenvalue weighted by molar-refractivity contribution is 0.0527. The Morgan fingerprint density at radius 3 is 2.58 bits per heavy atom. The molecule has 6 heteroatoms. The first-order valence-corrected chi connectivity index (χ1v) is 12.1. The summed E-state index contributed by atoms with van der Waals surface area (Å²) >= 11 is 0. The van der Waals surface area contributed by atoms with E-state index in [2.05, 4.69) is 81.7 Å². The molecule has 1 saturated heterocycles. The average molecular weight is 444 g/mol. The van der Waals surface area contributed by atoms with E-state index in [-0.39, 0.29) is 6.10 Å². The quantitative estimate of drug-likeness (QED) is 0.419. The summed E-state index contributed by atoms with van der Waals surface area (Å²) in [5.41, 5.74) is 4.84. The Morgan fingerprint density at radius 2 is 1.82 bits per heavy atom. The lowest BCUT2D eigenvalue weighted by atomic mass is 9.87. The van der Waals surface area contributed by atoms with Gasteiger partial charge in [-0.3, -0.25) is 4.57 Å². The highest BCUT2D eigenvalue weighted by Gasteiger charge is 2.26. The molecule has 1 aliphatic rings. The highest BCUT2D eigenvalue weighted by molar-refractivity contribution is 5.85. The van der Waals surface area contributed by atoms with Gasteiger partial charge in [0.1, 0.15) is 12.7 Å². The first kappa shape index (κ1) is 21.9. The van der Waals surface area contributed by atoms with Gasteiger partial charge in [-0.05, 0) is 79.9 Å². The molecule has 0 radical (unpaired) electrons. The minimum Gasteiger partial charge on any atom is -0.393 e. The molecule has 172 valence electrons. The van der Waals surface area contributed by atoms with Gasteiger partial charge in [-0.1, -0.05) is 37.3 Å². The van der Waals surface area contributed by atoms with Crippen molar-refractivity contribution in [1.82, 2.24) is 24.6 Å². The summed E-state index contributed by atoms with van der Waals surface area (Å²) in [6.45, 7) is 5.56. The van der Waals surface area contributed by atoms with Crippen LogP contribution in [-0.4, -0.2) is 55.5 Å². The van der Waals surface area contributed by atoms with Crippen molar-refractivity contribution in [2.75, 3.05) is 19.6 Å². The van der Waals surface area contributed by atoms with E-state index in [1.165, 1.54) is 16.5 Å². The minimum absolute atomic E-state index is 0.246. The third kappa shape index (κ3) is 5.02. The van der Waals surface area contributed by atoms with Gasteiger partial charge in [0.25, 0.3) is 0 Å². The fraction of sp³-hybridized carbons (Fsp3) is 0.407. The zero-order valence-corrected chi connectivity index (χ0v) is 19.3. The van der Waals surface area contributed by atoms with Gasteiger partial charge in [0.15, 0.2) is 0 Å². The van der Waals surface area contributed by atoms with Gasteiger partial charge in [0.05, 0.1) is 6.10 Å². The Balaban J connectivity index is 1.14. The van der Waals surface area contributed by atoms with Crippen LogP contribution < -0.4 is 0 Å². The van der Waals surface area contributed by atoms with E-state index in [0.29, 0.717) is 11.8 Å². The fourth-order valence-corrected chi connectivity index (χ4v) is 5.20. The number of hydrogen-bond acceptors (Lipinski definition) is 4. The molecule has 5 rings (SSSR count). The van der Waals surface area contributed by atoms with Gasteiger partial charge >= 0.3 is 0 Å². The smallest absolute Gasteiger partial charge is 0.123 e. The number of aromatic amines is 1. The highest BCUT2D eigenvalue weighted by atomic mass is 16.3. The summed E-state index contributed by atoms with van der Waals surface area (Å²) in [4.78, 5) is 5.94. The number of hydrogen-bond donors (Lipinski definition) is 2. The van der Waals surface area contributed by atoms with E-state index in [1.807, 2.05) is 4.57 Å². The van der Waals surface area contributed by atoms with Crippen molar-refractivity contribution in [1.29, 1.82) is 0 Å². The normalized spacial score (nSPS) is 17.4. The average Bonchev–Trinajstić information content (AvgIpc) is 3.53. The van der Waals surface area contributed by atoms with Crippen LogP contribution >= 0.6 is 0 Å². The molecule has 3 heterocycles. The Bertz CT molecular complexity index is 1150. The maximum Gasteiger partial charge on any atom is 0.123 e. The Kier molecular flexibility index (Phi) is 6.55. The second kappa shape index (κ2) is 9.89. The monoisotopic (exact) mass is 443 g/mol. The standard InChI is InChI=1S/C27H33N5O/c1-20(21-5-3-2-4-6-21)17-31-13-11-22(12-14-31)27(33)10-7-23-16-28-26-9-8-24(15-25(23)26)32-18-29-30-19-32/h2-6,8-9,15-16,18-20,22,27-28,33H,7,10-14,17H2,1H3. The molecular formula is C27H33N5O. The van der Waals surface area contributed by atoms with Gasteiger partial charge in [0.2, 0.25) is 0 Å². The number of benzene rings is 2. The number of aliphatic hydroxyl groups is 1. The molecule has 33 heavy (non-hydrogen) atoms. The number of aromatic nitrogens is 4. The third-order valence-electron chi connectivity index (χ3n) is 7.25. The molecule has 1 fully saturated rings. The molecule has 2 aromatic heterocycles. The predicted molar refractivity (Wildman–Crippen MR) is 132 cm³/mol. The zero-order valence-electron chi connectivity index (χ0n) is 19.3. The van der Waals surface area contributed by atoms with E-state index >= 15 is 0 Å². The topological polar surface area (TPSA) is 70.0 Å². The lowest BCUT2D eigenvalue weighted by Crippen LogP contribution is -2.39. The molecular weight excluding hydrogens is 410 g/mol. The van der Waals surface area contributed by atoms with E-state index in [1.54, 1.807) is 12.7 Å². The fourth-order valence-electron chi connectivity index (χ4n) is 5.20. The number of piperidine rings is 1. The van der Waals surface area contributed by atoms with Crippen LogP contribution in [0.1, 0.15) is 43.2 Å². The summed E-state index contributed by atoms with van der Waals surface area (Å²) in [7, 11) is 0. The molecule has 1 aliphatic heterocycles. The number of fused-ring (bicyclic) bond motifs is 1. The van der Waals surface area contributed by atoms with Crippen LogP contribution in [0.3, 0.4) is 0 Å². The molecule has 0 spiro atoms. The summed E-state index contributed by atoms with van der Waals surface area (Å²) in [6.07, 6.45) is 9.09. The Hall–Kier alpha value is -2.96. The predicted octanol–water partition coefficient (Wildman–Crippen LogP) is 4.56. The van der Waals surface area contributed by atoms with Crippen molar-refractivity contribution in [3.05, 3.63) is 78.5 Å². The first-order chi connectivity index (χ1) is 16.2. The van der Waals surface area contributed by atoms with E-state index < -0.39 is 0 Å². The summed E-state index contributed by atoms with van der Waals surface area (Å²) in [5.74, 6) is 0.934. The number of aliphatic hydroxyl groups excluding tert-OH is 1. The molecule has 6 nitrogen and oxygen atoms in total. The Labute approximate surface area is 195 Å². The largest absolute Gasteiger partial charge is 0.393 e. The molecule has 2 unspecified atom stereocenters. The van der Waals surface area contributed by atoms with Crippen LogP contribution in [0.5, 0.6) is 0 Å². The highest BCUT2D eigenvalue weighted by Crippen LogP contribution is 2.28. The molecule has 2 aromatic carbocycles. The summed E-state index contributed by atoms with van der Waals surface area (Å²) < 4.78 is 1.91. The van der Waals surface area contributed by atoms with Gasteiger partial charge in [-0.2, -0.15) is 0 Å².